The van der Waals surface area contributed by atoms with Crippen molar-refractivity contribution in [3.63, 3.8) is 0 Å². The van der Waals surface area contributed by atoms with Gasteiger partial charge in [0.1, 0.15) is 18.1 Å². The molecule has 0 amide bonds. The summed E-state index contributed by atoms with van der Waals surface area (Å²) in [5, 5.41) is 3.09. The molecule has 0 saturated heterocycles. The monoisotopic (exact) mass is 240 g/mol. The van der Waals surface area contributed by atoms with Crippen LogP contribution in [0.25, 0.3) is 11.3 Å². The Balaban J connectivity index is 2.06. The zero-order valence-corrected chi connectivity index (χ0v) is 10.3. The molecule has 1 atom stereocenters. The van der Waals surface area contributed by atoms with Gasteiger partial charge in [0, 0.05) is 5.56 Å². The Labute approximate surface area is 105 Å². The minimum Gasteiger partial charge on any atom is -0.259 e. The molecule has 1 aromatic carbocycles. The highest BCUT2D eigenvalue weighted by molar-refractivity contribution is 5.81. The van der Waals surface area contributed by atoms with E-state index in [2.05, 4.69) is 10.3 Å². The molecule has 1 unspecified atom stereocenters. The molecule has 4 heteroatoms. The molecule has 4 nitrogen and oxygen atoms in total. The predicted molar refractivity (Wildman–Crippen MR) is 68.3 cm³/mol. The van der Waals surface area contributed by atoms with Gasteiger partial charge in [-0.1, -0.05) is 29.8 Å². The number of aryl methyl sites for hydroxylation is 1. The summed E-state index contributed by atoms with van der Waals surface area (Å²) < 4.78 is 1.63. The molecule has 0 bridgehead atoms. The summed E-state index contributed by atoms with van der Waals surface area (Å²) in [5.74, 6) is 0.809. The van der Waals surface area contributed by atoms with Gasteiger partial charge in [-0.3, -0.25) is 5.32 Å². The fraction of sp³-hybridized carbons (Fsp3) is 0.214. The van der Waals surface area contributed by atoms with E-state index in [1.54, 1.807) is 17.0 Å². The summed E-state index contributed by atoms with van der Waals surface area (Å²) in [6, 6.07) is 7.93. The molecule has 0 fully saturated rings. The number of carbonyl (C=O) groups excluding carboxylic acids is 1. The lowest BCUT2D eigenvalue weighted by atomic mass is 10.1. The fourth-order valence-corrected chi connectivity index (χ4v) is 2.07. The third kappa shape index (κ3) is 1.66. The Bertz CT molecular complexity index is 619. The number of fused-ring (bicyclic) bond motifs is 1. The Morgan fingerprint density at radius 2 is 2.00 bits per heavy atom. The molecule has 2 heterocycles. The maximum Gasteiger partial charge on any atom is 0.358 e. The molecule has 1 aromatic heterocycles. The summed E-state index contributed by atoms with van der Waals surface area (Å²) in [4.78, 5) is 16.3. The second kappa shape index (κ2) is 3.91. The summed E-state index contributed by atoms with van der Waals surface area (Å²) in [6.07, 6.45) is 3.50. The van der Waals surface area contributed by atoms with E-state index in [9.17, 15) is 4.79 Å². The van der Waals surface area contributed by atoms with Gasteiger partial charge in [0.15, 0.2) is 6.04 Å². The molecule has 1 N–H and O–H groups in total. The normalized spacial score (nSPS) is 17.4. The van der Waals surface area contributed by atoms with Gasteiger partial charge in [-0.15, -0.1) is 0 Å². The highest BCUT2D eigenvalue weighted by atomic mass is 16.2. The molecular formula is C14H14N3O+. The van der Waals surface area contributed by atoms with Gasteiger partial charge in [-0.05, 0) is 13.8 Å². The molecule has 18 heavy (non-hydrogen) atoms. The number of aromatic nitrogens is 2. The molecule has 3 rings (SSSR count). The lowest BCUT2D eigenvalue weighted by Gasteiger charge is -2.01. The quantitative estimate of drug-likeness (QED) is 0.773. The fourth-order valence-electron chi connectivity index (χ4n) is 2.07. The molecule has 0 aliphatic carbocycles. The van der Waals surface area contributed by atoms with E-state index in [0.29, 0.717) is 0 Å². The van der Waals surface area contributed by atoms with E-state index < -0.39 is 0 Å². The van der Waals surface area contributed by atoms with Crippen molar-refractivity contribution >= 4 is 11.7 Å². The molecule has 0 saturated carbocycles. The van der Waals surface area contributed by atoms with Crippen molar-refractivity contribution in [1.29, 1.82) is 0 Å². The largest absolute Gasteiger partial charge is 0.358 e. The van der Waals surface area contributed by atoms with Crippen LogP contribution in [0.4, 0.5) is 5.82 Å². The minimum atomic E-state index is -0.180. The second-order valence-electron chi connectivity index (χ2n) is 4.60. The maximum atomic E-state index is 11.9. The predicted octanol–water partition coefficient (Wildman–Crippen LogP) is 1.80. The molecular weight excluding hydrogens is 226 g/mol. The van der Waals surface area contributed by atoms with Gasteiger partial charge in [0.25, 0.3) is 0 Å². The van der Waals surface area contributed by atoms with Crippen LogP contribution >= 0.6 is 0 Å². The van der Waals surface area contributed by atoms with Crippen LogP contribution in [0, 0.1) is 6.92 Å². The van der Waals surface area contributed by atoms with Crippen LogP contribution in [0.3, 0.4) is 0 Å². The minimum absolute atomic E-state index is 0.0563. The van der Waals surface area contributed by atoms with Crippen molar-refractivity contribution in [2.75, 3.05) is 5.32 Å². The van der Waals surface area contributed by atoms with Crippen LogP contribution in [0.15, 0.2) is 36.7 Å². The van der Waals surface area contributed by atoms with E-state index in [-0.39, 0.29) is 11.9 Å². The van der Waals surface area contributed by atoms with Crippen LogP contribution in [-0.2, 0) is 0 Å². The Morgan fingerprint density at radius 1 is 1.28 bits per heavy atom. The second-order valence-corrected chi connectivity index (χ2v) is 4.60. The van der Waals surface area contributed by atoms with Gasteiger partial charge in [-0.2, -0.15) is 4.57 Å². The number of carbonyl (C=O) groups is 1. The van der Waals surface area contributed by atoms with Crippen LogP contribution in [0.1, 0.15) is 17.3 Å². The van der Waals surface area contributed by atoms with Gasteiger partial charge >= 0.3 is 11.7 Å². The number of nitrogens with zero attached hydrogens (tertiary/aromatic N) is 2. The topological polar surface area (TPSA) is 45.9 Å². The first kappa shape index (κ1) is 10.9. The first-order chi connectivity index (χ1) is 8.65. The summed E-state index contributed by atoms with van der Waals surface area (Å²) >= 11 is 0. The summed E-state index contributed by atoms with van der Waals surface area (Å²) in [5.41, 5.74) is 3.03. The lowest BCUT2D eigenvalue weighted by molar-refractivity contribution is -0.552. The van der Waals surface area contributed by atoms with Crippen molar-refractivity contribution in [1.82, 2.24) is 4.98 Å². The van der Waals surface area contributed by atoms with E-state index in [0.717, 1.165) is 17.1 Å². The highest BCUT2D eigenvalue weighted by Gasteiger charge is 2.34. The average Bonchev–Trinajstić information content (AvgIpc) is 2.66. The van der Waals surface area contributed by atoms with E-state index in [1.165, 1.54) is 5.56 Å². The SMILES string of the molecule is Cc1ccc(-c2c[n+]3c(cn2)NC(C)C3=O)cc1. The van der Waals surface area contributed by atoms with Gasteiger partial charge in [0.2, 0.25) is 0 Å². The molecule has 2 aromatic rings. The van der Waals surface area contributed by atoms with Crippen molar-refractivity contribution in [2.24, 2.45) is 0 Å². The molecule has 0 radical (unpaired) electrons. The number of benzene rings is 1. The Morgan fingerprint density at radius 3 is 2.72 bits per heavy atom. The van der Waals surface area contributed by atoms with E-state index >= 15 is 0 Å². The van der Waals surface area contributed by atoms with Gasteiger partial charge in [-0.25, -0.2) is 9.78 Å². The van der Waals surface area contributed by atoms with Crippen LogP contribution in [-0.4, -0.2) is 16.9 Å². The number of anilines is 1. The molecule has 1 aliphatic heterocycles. The average molecular weight is 240 g/mol. The van der Waals surface area contributed by atoms with E-state index in [1.807, 2.05) is 38.1 Å². The zero-order valence-electron chi connectivity index (χ0n) is 10.3. The van der Waals surface area contributed by atoms with Crippen molar-refractivity contribution in [2.45, 2.75) is 19.9 Å². The summed E-state index contributed by atoms with van der Waals surface area (Å²) in [6.45, 7) is 3.89. The molecule has 1 aliphatic rings. The lowest BCUT2D eigenvalue weighted by Crippen LogP contribution is -2.42. The van der Waals surface area contributed by atoms with E-state index in [4.69, 9.17) is 0 Å². The standard InChI is InChI=1S/C14H13N3O/c1-9-3-5-11(6-4-9)12-8-17-13(7-15-12)16-10(2)14(17)18/h3-8,10H,1-2H3/p+1. The van der Waals surface area contributed by atoms with Crippen molar-refractivity contribution in [3.05, 3.63) is 42.2 Å². The van der Waals surface area contributed by atoms with Crippen LogP contribution in [0.5, 0.6) is 0 Å². The van der Waals surface area contributed by atoms with Gasteiger partial charge in [0.05, 0.1) is 0 Å². The first-order valence-electron chi connectivity index (χ1n) is 5.94. The molecule has 0 spiro atoms. The number of nitrogens with one attached hydrogen (secondary N) is 1. The third-order valence-electron chi connectivity index (χ3n) is 3.16. The number of hydrogen-bond acceptors (Lipinski definition) is 3. The Kier molecular flexibility index (Phi) is 2.37. The molecule has 90 valence electrons. The van der Waals surface area contributed by atoms with Crippen molar-refractivity contribution < 1.29 is 9.36 Å². The third-order valence-corrected chi connectivity index (χ3v) is 3.16. The van der Waals surface area contributed by atoms with Gasteiger partial charge < -0.3 is 0 Å². The number of hydrogen-bond donors (Lipinski definition) is 1. The zero-order chi connectivity index (χ0) is 12.7. The smallest absolute Gasteiger partial charge is 0.259 e. The van der Waals surface area contributed by atoms with Crippen LogP contribution in [0.2, 0.25) is 0 Å². The highest BCUT2D eigenvalue weighted by Crippen LogP contribution is 2.18. The Hall–Kier alpha value is -2.23. The van der Waals surface area contributed by atoms with Crippen molar-refractivity contribution in [3.8, 4) is 11.3 Å². The van der Waals surface area contributed by atoms with Crippen LogP contribution < -0.4 is 9.88 Å². The maximum absolute atomic E-state index is 11.9. The first-order valence-corrected chi connectivity index (χ1v) is 5.94. The summed E-state index contributed by atoms with van der Waals surface area (Å²) in [7, 11) is 0. The number of rotatable bonds is 1.